The third-order valence-corrected chi connectivity index (χ3v) is 1.91. The monoisotopic (exact) mass is 246 g/mol. The zero-order valence-corrected chi connectivity index (χ0v) is 11.0. The molecule has 2 N–H and O–H groups in total. The maximum absolute atomic E-state index is 11.3. The summed E-state index contributed by atoms with van der Waals surface area (Å²) >= 11 is 0. The van der Waals surface area contributed by atoms with Gasteiger partial charge in [-0.25, -0.2) is 4.79 Å². The van der Waals surface area contributed by atoms with E-state index in [9.17, 15) is 9.59 Å². The Balaban J connectivity index is 3.76. The molecule has 0 aromatic carbocycles. The molecule has 0 atom stereocenters. The minimum atomic E-state index is -0.452. The smallest absolute Gasteiger partial charge is 0.325 e. The van der Waals surface area contributed by atoms with E-state index in [1.807, 2.05) is 20.8 Å². The van der Waals surface area contributed by atoms with Crippen LogP contribution in [0.3, 0.4) is 0 Å². The van der Waals surface area contributed by atoms with E-state index in [0.29, 0.717) is 19.8 Å². The summed E-state index contributed by atoms with van der Waals surface area (Å²) in [5.74, 6) is -0.452. The summed E-state index contributed by atoms with van der Waals surface area (Å²) in [6.45, 7) is 8.48. The van der Waals surface area contributed by atoms with Gasteiger partial charge in [-0.3, -0.25) is 4.79 Å². The molecule has 0 saturated carbocycles. The Kier molecular flexibility index (Phi) is 7.29. The standard InChI is InChI=1S/C11H22N2O4/c1-5-16-9(14)7-12-10(15)13-8-11(3,4)17-6-2/h5-8H2,1-4H3,(H2,12,13,15). The fourth-order valence-corrected chi connectivity index (χ4v) is 1.16. The van der Waals surface area contributed by atoms with Crippen molar-refractivity contribution in [3.8, 4) is 0 Å². The van der Waals surface area contributed by atoms with E-state index in [2.05, 4.69) is 15.4 Å². The van der Waals surface area contributed by atoms with Gasteiger partial charge in [-0.05, 0) is 27.7 Å². The molecule has 0 unspecified atom stereocenters. The SMILES string of the molecule is CCOC(=O)CNC(=O)NCC(C)(C)OCC. The van der Waals surface area contributed by atoms with E-state index in [4.69, 9.17) is 4.74 Å². The van der Waals surface area contributed by atoms with Gasteiger partial charge in [0.2, 0.25) is 0 Å². The van der Waals surface area contributed by atoms with Crippen molar-refractivity contribution in [1.29, 1.82) is 0 Å². The van der Waals surface area contributed by atoms with Crippen LogP contribution in [-0.4, -0.2) is 43.9 Å². The first-order chi connectivity index (χ1) is 7.91. The Labute approximate surface area is 102 Å². The van der Waals surface area contributed by atoms with Gasteiger partial charge in [0.1, 0.15) is 6.54 Å². The van der Waals surface area contributed by atoms with Crippen molar-refractivity contribution in [2.75, 3.05) is 26.3 Å². The molecule has 0 aromatic heterocycles. The first kappa shape index (κ1) is 15.7. The van der Waals surface area contributed by atoms with Crippen molar-refractivity contribution in [2.45, 2.75) is 33.3 Å². The Morgan fingerprint density at radius 3 is 2.29 bits per heavy atom. The quantitative estimate of drug-likeness (QED) is 0.647. The van der Waals surface area contributed by atoms with Crippen LogP contribution in [0, 0.1) is 0 Å². The van der Waals surface area contributed by atoms with E-state index in [0.717, 1.165) is 0 Å². The van der Waals surface area contributed by atoms with Gasteiger partial charge in [-0.15, -0.1) is 0 Å². The van der Waals surface area contributed by atoms with Crippen molar-refractivity contribution in [3.63, 3.8) is 0 Å². The highest BCUT2D eigenvalue weighted by Gasteiger charge is 2.18. The van der Waals surface area contributed by atoms with Gasteiger partial charge in [-0.1, -0.05) is 0 Å². The Morgan fingerprint density at radius 2 is 1.76 bits per heavy atom. The van der Waals surface area contributed by atoms with Crippen LogP contribution in [0.1, 0.15) is 27.7 Å². The van der Waals surface area contributed by atoms with Crippen LogP contribution < -0.4 is 10.6 Å². The molecular formula is C11H22N2O4. The number of carbonyl (C=O) groups excluding carboxylic acids is 2. The van der Waals surface area contributed by atoms with Crippen molar-refractivity contribution >= 4 is 12.0 Å². The van der Waals surface area contributed by atoms with E-state index in [1.54, 1.807) is 6.92 Å². The molecule has 0 aliphatic rings. The van der Waals surface area contributed by atoms with Crippen molar-refractivity contribution in [3.05, 3.63) is 0 Å². The summed E-state index contributed by atoms with van der Waals surface area (Å²) in [5, 5.41) is 5.02. The zero-order valence-electron chi connectivity index (χ0n) is 11.0. The third-order valence-electron chi connectivity index (χ3n) is 1.91. The summed E-state index contributed by atoms with van der Waals surface area (Å²) in [6, 6.07) is -0.411. The highest BCUT2D eigenvalue weighted by atomic mass is 16.5. The van der Waals surface area contributed by atoms with E-state index < -0.39 is 17.6 Å². The molecule has 6 nitrogen and oxygen atoms in total. The van der Waals surface area contributed by atoms with Crippen LogP contribution in [-0.2, 0) is 14.3 Å². The van der Waals surface area contributed by atoms with Gasteiger partial charge in [-0.2, -0.15) is 0 Å². The highest BCUT2D eigenvalue weighted by Crippen LogP contribution is 2.06. The van der Waals surface area contributed by atoms with Gasteiger partial charge in [0.15, 0.2) is 0 Å². The Morgan fingerprint density at radius 1 is 1.12 bits per heavy atom. The molecule has 0 fully saturated rings. The summed E-state index contributed by atoms with van der Waals surface area (Å²) in [4.78, 5) is 22.3. The van der Waals surface area contributed by atoms with Crippen LogP contribution in [0.25, 0.3) is 0 Å². The normalized spacial score (nSPS) is 10.8. The summed E-state index contributed by atoms with van der Waals surface area (Å²) in [7, 11) is 0. The second kappa shape index (κ2) is 7.89. The molecule has 0 aliphatic heterocycles. The summed E-state index contributed by atoms with van der Waals surface area (Å²) < 4.78 is 10.1. The number of hydrogen-bond donors (Lipinski definition) is 2. The number of esters is 1. The minimum Gasteiger partial charge on any atom is -0.465 e. The lowest BCUT2D eigenvalue weighted by Gasteiger charge is -2.24. The molecule has 0 saturated heterocycles. The number of carbonyl (C=O) groups is 2. The number of ether oxygens (including phenoxy) is 2. The van der Waals surface area contributed by atoms with Gasteiger partial charge >= 0.3 is 12.0 Å². The predicted octanol–water partition coefficient (Wildman–Crippen LogP) is 0.664. The molecule has 0 radical (unpaired) electrons. The molecule has 17 heavy (non-hydrogen) atoms. The zero-order chi connectivity index (χ0) is 13.3. The minimum absolute atomic E-state index is 0.130. The topological polar surface area (TPSA) is 76.7 Å². The second-order valence-corrected chi connectivity index (χ2v) is 4.03. The average Bonchev–Trinajstić information content (AvgIpc) is 2.24. The maximum Gasteiger partial charge on any atom is 0.325 e. The van der Waals surface area contributed by atoms with Gasteiger partial charge in [0.25, 0.3) is 0 Å². The molecule has 0 bridgehead atoms. The average molecular weight is 246 g/mol. The first-order valence-corrected chi connectivity index (χ1v) is 5.72. The number of urea groups is 1. The van der Waals surface area contributed by atoms with Gasteiger partial charge in [0, 0.05) is 13.2 Å². The van der Waals surface area contributed by atoms with Crippen molar-refractivity contribution in [1.82, 2.24) is 10.6 Å². The molecule has 2 amide bonds. The Hall–Kier alpha value is -1.30. The number of rotatable bonds is 7. The van der Waals surface area contributed by atoms with Gasteiger partial charge in [0.05, 0.1) is 12.2 Å². The van der Waals surface area contributed by atoms with Crippen LogP contribution in [0.5, 0.6) is 0 Å². The van der Waals surface area contributed by atoms with Crippen LogP contribution in [0.2, 0.25) is 0 Å². The molecule has 0 aliphatic carbocycles. The second-order valence-electron chi connectivity index (χ2n) is 4.03. The number of amides is 2. The third kappa shape index (κ3) is 8.50. The fourth-order valence-electron chi connectivity index (χ4n) is 1.16. The van der Waals surface area contributed by atoms with Crippen LogP contribution in [0.15, 0.2) is 0 Å². The summed E-state index contributed by atoms with van der Waals surface area (Å²) in [5.41, 5.74) is -0.421. The number of nitrogens with one attached hydrogen (secondary N) is 2. The molecular weight excluding hydrogens is 224 g/mol. The largest absolute Gasteiger partial charge is 0.465 e. The Bertz CT molecular complexity index is 254. The number of hydrogen-bond acceptors (Lipinski definition) is 4. The van der Waals surface area contributed by atoms with Crippen molar-refractivity contribution < 1.29 is 19.1 Å². The van der Waals surface area contributed by atoms with Crippen molar-refractivity contribution in [2.24, 2.45) is 0 Å². The lowest BCUT2D eigenvalue weighted by Crippen LogP contribution is -2.46. The van der Waals surface area contributed by atoms with E-state index in [-0.39, 0.29) is 6.54 Å². The first-order valence-electron chi connectivity index (χ1n) is 5.72. The van der Waals surface area contributed by atoms with E-state index in [1.165, 1.54) is 0 Å². The lowest BCUT2D eigenvalue weighted by atomic mass is 10.1. The molecule has 0 spiro atoms. The highest BCUT2D eigenvalue weighted by molar-refractivity contribution is 5.80. The molecule has 0 rings (SSSR count). The molecule has 0 aromatic rings. The van der Waals surface area contributed by atoms with Crippen LogP contribution >= 0.6 is 0 Å². The van der Waals surface area contributed by atoms with Gasteiger partial charge < -0.3 is 20.1 Å². The van der Waals surface area contributed by atoms with Crippen LogP contribution in [0.4, 0.5) is 4.79 Å². The predicted molar refractivity (Wildman–Crippen MR) is 63.7 cm³/mol. The molecule has 100 valence electrons. The molecule has 6 heteroatoms. The fraction of sp³-hybridized carbons (Fsp3) is 0.818. The maximum atomic E-state index is 11.3. The van der Waals surface area contributed by atoms with E-state index >= 15 is 0 Å². The molecule has 0 heterocycles. The lowest BCUT2D eigenvalue weighted by molar-refractivity contribution is -0.141. The summed E-state index contributed by atoms with van der Waals surface area (Å²) in [6.07, 6.45) is 0.